The second kappa shape index (κ2) is 5.94. The molecule has 3 aliphatic rings. The fourth-order valence-corrected chi connectivity index (χ4v) is 4.39. The van der Waals surface area contributed by atoms with Crippen LogP contribution in [0.4, 0.5) is 5.69 Å². The molecular weight excluding hydrogens is 342 g/mol. The minimum Gasteiger partial charge on any atom is -0.378 e. The number of carbonyl (C=O) groups excluding carboxylic acids is 3. The van der Waals surface area contributed by atoms with E-state index in [1.54, 1.807) is 0 Å². The summed E-state index contributed by atoms with van der Waals surface area (Å²) in [7, 11) is 3.93. The maximum Gasteiger partial charge on any atom is 0.246 e. The number of benzene rings is 1. The van der Waals surface area contributed by atoms with E-state index in [1.165, 1.54) is 10.0 Å². The minimum atomic E-state index is -0.503. The molecule has 0 N–H and O–H groups in total. The van der Waals surface area contributed by atoms with Gasteiger partial charge in [0.2, 0.25) is 11.8 Å². The highest BCUT2D eigenvalue weighted by molar-refractivity contribution is 6.03. The fourth-order valence-electron chi connectivity index (χ4n) is 4.39. The van der Waals surface area contributed by atoms with Crippen LogP contribution in [0.5, 0.6) is 0 Å². The number of ketones is 1. The molecule has 1 fully saturated rings. The Kier molecular flexibility index (Phi) is 3.91. The predicted molar refractivity (Wildman–Crippen MR) is 101 cm³/mol. The van der Waals surface area contributed by atoms with E-state index in [9.17, 15) is 14.4 Å². The largest absolute Gasteiger partial charge is 0.378 e. The molecule has 2 heterocycles. The molecule has 6 nitrogen and oxygen atoms in total. The Hall–Kier alpha value is -2.63. The van der Waals surface area contributed by atoms with Crippen LogP contribution in [-0.2, 0) is 14.4 Å². The number of nitrogens with zero attached hydrogens (tertiary/aromatic N) is 3. The molecule has 2 amide bonds. The van der Waals surface area contributed by atoms with Crippen molar-refractivity contribution in [1.29, 1.82) is 0 Å². The van der Waals surface area contributed by atoms with Crippen LogP contribution in [-0.4, -0.2) is 41.7 Å². The van der Waals surface area contributed by atoms with Gasteiger partial charge in [-0.25, -0.2) is 10.0 Å². The molecule has 142 valence electrons. The predicted octanol–water partition coefficient (Wildman–Crippen LogP) is 2.82. The van der Waals surface area contributed by atoms with Crippen molar-refractivity contribution in [2.75, 3.05) is 19.0 Å². The van der Waals surface area contributed by atoms with Crippen molar-refractivity contribution in [3.05, 3.63) is 41.1 Å². The third kappa shape index (κ3) is 2.74. The summed E-state index contributed by atoms with van der Waals surface area (Å²) in [5, 5.41) is 3.03. The van der Waals surface area contributed by atoms with E-state index in [0.717, 1.165) is 16.9 Å². The number of carbonyl (C=O) groups is 3. The molecule has 27 heavy (non-hydrogen) atoms. The first-order chi connectivity index (χ1) is 12.7. The number of rotatable bonds is 2. The maximum atomic E-state index is 13.1. The highest BCUT2D eigenvalue weighted by atomic mass is 16.2. The van der Waals surface area contributed by atoms with Crippen molar-refractivity contribution >= 4 is 23.3 Å². The first kappa shape index (κ1) is 17.8. The summed E-state index contributed by atoms with van der Waals surface area (Å²) in [6.45, 7) is 4.07. The van der Waals surface area contributed by atoms with E-state index in [4.69, 9.17) is 0 Å². The number of hydrogen-bond donors (Lipinski definition) is 0. The Labute approximate surface area is 159 Å². The molecule has 4 rings (SSSR count). The molecule has 2 aliphatic heterocycles. The van der Waals surface area contributed by atoms with Crippen LogP contribution in [0.15, 0.2) is 35.5 Å². The van der Waals surface area contributed by atoms with Crippen molar-refractivity contribution in [1.82, 2.24) is 10.0 Å². The monoisotopic (exact) mass is 367 g/mol. The lowest BCUT2D eigenvalue weighted by atomic mass is 9.74. The molecule has 0 bridgehead atoms. The summed E-state index contributed by atoms with van der Waals surface area (Å²) >= 11 is 0. The molecule has 0 radical (unpaired) electrons. The van der Waals surface area contributed by atoms with Crippen LogP contribution in [0.2, 0.25) is 0 Å². The van der Waals surface area contributed by atoms with Crippen LogP contribution in [0.3, 0.4) is 0 Å². The third-order valence-electron chi connectivity index (χ3n) is 5.66. The molecule has 0 aromatic heterocycles. The van der Waals surface area contributed by atoms with E-state index < -0.39 is 6.04 Å². The van der Waals surface area contributed by atoms with Crippen molar-refractivity contribution in [2.45, 2.75) is 45.6 Å². The van der Waals surface area contributed by atoms with E-state index in [0.29, 0.717) is 18.4 Å². The van der Waals surface area contributed by atoms with Crippen molar-refractivity contribution < 1.29 is 14.4 Å². The van der Waals surface area contributed by atoms with Gasteiger partial charge in [0, 0.05) is 44.6 Å². The number of hydrazine groups is 1. The van der Waals surface area contributed by atoms with Gasteiger partial charge in [0.25, 0.3) is 0 Å². The average Bonchev–Trinajstić information content (AvgIpc) is 2.93. The molecule has 0 spiro atoms. The van der Waals surface area contributed by atoms with Gasteiger partial charge in [-0.05, 0) is 29.5 Å². The summed E-state index contributed by atoms with van der Waals surface area (Å²) in [6, 6.07) is 7.36. The highest BCUT2D eigenvalue weighted by Gasteiger charge is 2.52. The molecular formula is C21H25N3O3. The fraction of sp³-hybridized carbons (Fsp3) is 0.476. The van der Waals surface area contributed by atoms with Crippen LogP contribution < -0.4 is 4.90 Å². The summed E-state index contributed by atoms with van der Waals surface area (Å²) in [5.41, 5.74) is 3.03. The normalized spacial score (nSPS) is 24.3. The molecule has 1 unspecified atom stereocenters. The molecule has 1 aromatic carbocycles. The van der Waals surface area contributed by atoms with Gasteiger partial charge in [-0.15, -0.1) is 0 Å². The topological polar surface area (TPSA) is 60.9 Å². The van der Waals surface area contributed by atoms with Gasteiger partial charge >= 0.3 is 0 Å². The first-order valence-corrected chi connectivity index (χ1v) is 9.38. The number of amides is 2. The van der Waals surface area contributed by atoms with Gasteiger partial charge in [-0.3, -0.25) is 14.4 Å². The van der Waals surface area contributed by atoms with Gasteiger partial charge in [0.05, 0.1) is 5.70 Å². The van der Waals surface area contributed by atoms with Crippen molar-refractivity contribution in [3.63, 3.8) is 0 Å². The van der Waals surface area contributed by atoms with E-state index in [1.807, 2.05) is 57.1 Å². The van der Waals surface area contributed by atoms with Crippen LogP contribution in [0.1, 0.15) is 51.1 Å². The van der Waals surface area contributed by atoms with Gasteiger partial charge < -0.3 is 4.90 Å². The van der Waals surface area contributed by atoms with Crippen molar-refractivity contribution in [3.8, 4) is 0 Å². The lowest BCUT2D eigenvalue weighted by molar-refractivity contribution is -0.167. The summed E-state index contributed by atoms with van der Waals surface area (Å²) in [5.74, 6) is -0.158. The lowest BCUT2D eigenvalue weighted by Crippen LogP contribution is -2.50. The van der Waals surface area contributed by atoms with Crippen LogP contribution in [0, 0.1) is 5.41 Å². The second-order valence-corrected chi connectivity index (χ2v) is 8.63. The van der Waals surface area contributed by atoms with Gasteiger partial charge in [0.1, 0.15) is 6.04 Å². The smallest absolute Gasteiger partial charge is 0.246 e. The zero-order valence-electron chi connectivity index (χ0n) is 16.3. The van der Waals surface area contributed by atoms with E-state index in [-0.39, 0.29) is 35.9 Å². The van der Waals surface area contributed by atoms with Gasteiger partial charge in [-0.2, -0.15) is 0 Å². The van der Waals surface area contributed by atoms with Crippen LogP contribution in [0.25, 0.3) is 0 Å². The number of Topliss-reactive ketones (excluding diaryl/α,β-unsaturated/α-hetero) is 1. The number of anilines is 1. The Morgan fingerprint density at radius 1 is 0.963 bits per heavy atom. The van der Waals surface area contributed by atoms with Crippen LogP contribution >= 0.6 is 0 Å². The molecule has 0 saturated carbocycles. The third-order valence-corrected chi connectivity index (χ3v) is 5.66. The number of allylic oxidation sites excluding steroid dienone is 1. The number of fused-ring (bicyclic) bond motifs is 2. The Balaban J connectivity index is 1.85. The lowest BCUT2D eigenvalue weighted by Gasteiger charge is -2.38. The SMILES string of the molecule is CN(C)c1ccc(C2C3=C(CC(C)(C)CC3=O)N3C(=O)CCC(=O)N23)cc1. The summed E-state index contributed by atoms with van der Waals surface area (Å²) in [6.07, 6.45) is 1.45. The molecule has 6 heteroatoms. The summed E-state index contributed by atoms with van der Waals surface area (Å²) < 4.78 is 0. The van der Waals surface area contributed by atoms with E-state index in [2.05, 4.69) is 0 Å². The van der Waals surface area contributed by atoms with E-state index >= 15 is 0 Å². The zero-order valence-corrected chi connectivity index (χ0v) is 16.3. The maximum absolute atomic E-state index is 13.1. The molecule has 1 aromatic rings. The standard InChI is InChI=1S/C21H25N3O3/c1-21(2)11-15-19(16(25)12-21)20(13-5-7-14(8-6-13)22(3)4)24-18(27)10-9-17(26)23(15)24/h5-8,20H,9-12H2,1-4H3. The zero-order chi connectivity index (χ0) is 19.5. The first-order valence-electron chi connectivity index (χ1n) is 9.38. The molecule has 1 saturated heterocycles. The number of hydrogen-bond acceptors (Lipinski definition) is 4. The minimum absolute atomic E-state index is 0.0398. The Morgan fingerprint density at radius 2 is 1.59 bits per heavy atom. The Bertz CT molecular complexity index is 867. The van der Waals surface area contributed by atoms with Crippen molar-refractivity contribution in [2.24, 2.45) is 5.41 Å². The summed E-state index contributed by atoms with van der Waals surface area (Å²) in [4.78, 5) is 40.5. The second-order valence-electron chi connectivity index (χ2n) is 8.63. The van der Waals surface area contributed by atoms with Gasteiger partial charge in [-0.1, -0.05) is 26.0 Å². The average molecular weight is 367 g/mol. The quantitative estimate of drug-likeness (QED) is 0.806. The highest BCUT2D eigenvalue weighted by Crippen LogP contribution is 2.51. The van der Waals surface area contributed by atoms with Gasteiger partial charge in [0.15, 0.2) is 5.78 Å². The Morgan fingerprint density at radius 3 is 2.22 bits per heavy atom. The molecule has 1 aliphatic carbocycles. The molecule has 1 atom stereocenters.